The fraction of sp³-hybridized carbons (Fsp3) is 0.474. The molecule has 1 aromatic carbocycles. The molecule has 6 nitrogen and oxygen atoms in total. The van der Waals surface area contributed by atoms with Crippen LogP contribution >= 0.6 is 0 Å². The van der Waals surface area contributed by atoms with Gasteiger partial charge in [0.1, 0.15) is 5.56 Å². The fourth-order valence-corrected chi connectivity index (χ4v) is 3.09. The van der Waals surface area contributed by atoms with Crippen molar-refractivity contribution < 1.29 is 14.3 Å². The second kappa shape index (κ2) is 8.27. The monoisotopic (exact) mass is 343 g/mol. The fourth-order valence-electron chi connectivity index (χ4n) is 3.09. The van der Waals surface area contributed by atoms with Gasteiger partial charge >= 0.3 is 5.97 Å². The van der Waals surface area contributed by atoms with Crippen molar-refractivity contribution in [1.82, 2.24) is 9.88 Å². The summed E-state index contributed by atoms with van der Waals surface area (Å²) in [5.74, 6) is -0.345. The Bertz CT molecular complexity index is 729. The second-order valence-electron chi connectivity index (χ2n) is 6.16. The third-order valence-corrected chi connectivity index (χ3v) is 4.51. The summed E-state index contributed by atoms with van der Waals surface area (Å²) in [4.78, 5) is 19.1. The molecule has 1 fully saturated rings. The van der Waals surface area contributed by atoms with Crippen LogP contribution in [0.2, 0.25) is 0 Å². The van der Waals surface area contributed by atoms with Crippen LogP contribution in [-0.2, 0) is 9.47 Å². The Balaban J connectivity index is 1.84. The standard InChI is InChI=1S/C19H25N3O3/c1-3-25-19(23)16-13-20-17-7-5-4-6-15(17)18(16)21-12-14(2)22-8-10-24-11-9-22/h4-7,13-14H,3,8-12H2,1-2H3,(H,20,21). The minimum absolute atomic E-state index is 0.339. The van der Waals surface area contributed by atoms with Gasteiger partial charge in [-0.25, -0.2) is 4.79 Å². The van der Waals surface area contributed by atoms with Crippen LogP contribution in [0.25, 0.3) is 10.9 Å². The van der Waals surface area contributed by atoms with Crippen molar-refractivity contribution in [3.8, 4) is 0 Å². The lowest BCUT2D eigenvalue weighted by molar-refractivity contribution is 0.0227. The molecular weight excluding hydrogens is 318 g/mol. The predicted molar refractivity (Wildman–Crippen MR) is 98.0 cm³/mol. The van der Waals surface area contributed by atoms with E-state index in [2.05, 4.69) is 22.1 Å². The Morgan fingerprint density at radius 2 is 2.12 bits per heavy atom. The van der Waals surface area contributed by atoms with Crippen LogP contribution in [0.3, 0.4) is 0 Å². The summed E-state index contributed by atoms with van der Waals surface area (Å²) >= 11 is 0. The quantitative estimate of drug-likeness (QED) is 0.813. The number of hydrogen-bond donors (Lipinski definition) is 1. The van der Waals surface area contributed by atoms with Crippen LogP contribution in [-0.4, -0.2) is 61.3 Å². The predicted octanol–water partition coefficient (Wildman–Crippen LogP) is 2.54. The summed E-state index contributed by atoms with van der Waals surface area (Å²) in [5, 5.41) is 4.40. The molecule has 0 spiro atoms. The molecule has 1 aliphatic rings. The Kier molecular flexibility index (Phi) is 5.83. The molecule has 1 unspecified atom stereocenters. The van der Waals surface area contributed by atoms with Crippen molar-refractivity contribution in [2.24, 2.45) is 0 Å². The van der Waals surface area contributed by atoms with Crippen molar-refractivity contribution in [3.63, 3.8) is 0 Å². The minimum Gasteiger partial charge on any atom is -0.462 e. The first-order valence-corrected chi connectivity index (χ1v) is 8.81. The first-order chi connectivity index (χ1) is 12.2. The van der Waals surface area contributed by atoms with Crippen LogP contribution in [0.15, 0.2) is 30.5 Å². The number of pyridine rings is 1. The Labute approximate surface area is 148 Å². The van der Waals surface area contributed by atoms with Gasteiger partial charge in [0.15, 0.2) is 0 Å². The van der Waals surface area contributed by atoms with Gasteiger partial charge in [-0.1, -0.05) is 18.2 Å². The van der Waals surface area contributed by atoms with Gasteiger partial charge in [0.2, 0.25) is 0 Å². The highest BCUT2D eigenvalue weighted by molar-refractivity contribution is 6.04. The molecule has 0 amide bonds. The molecule has 1 saturated heterocycles. The van der Waals surface area contributed by atoms with Gasteiger partial charge in [-0.05, 0) is 19.9 Å². The van der Waals surface area contributed by atoms with Crippen LogP contribution in [0.5, 0.6) is 0 Å². The number of rotatable bonds is 6. The molecule has 2 heterocycles. The Hall–Kier alpha value is -2.18. The number of morpholine rings is 1. The molecule has 3 rings (SSSR count). The van der Waals surface area contributed by atoms with Gasteiger partial charge in [0.05, 0.1) is 31.0 Å². The summed E-state index contributed by atoms with van der Waals surface area (Å²) in [7, 11) is 0. The zero-order valence-electron chi connectivity index (χ0n) is 14.8. The molecule has 0 saturated carbocycles. The first-order valence-electron chi connectivity index (χ1n) is 8.81. The highest BCUT2D eigenvalue weighted by Crippen LogP contribution is 2.26. The van der Waals surface area contributed by atoms with Crippen LogP contribution in [0.4, 0.5) is 5.69 Å². The van der Waals surface area contributed by atoms with Gasteiger partial charge in [-0.15, -0.1) is 0 Å². The highest BCUT2D eigenvalue weighted by atomic mass is 16.5. The van der Waals surface area contributed by atoms with Crippen LogP contribution in [0.1, 0.15) is 24.2 Å². The van der Waals surface area contributed by atoms with Crippen LogP contribution in [0, 0.1) is 0 Å². The maximum atomic E-state index is 12.3. The van der Waals surface area contributed by atoms with E-state index in [0.29, 0.717) is 18.2 Å². The number of benzene rings is 1. The minimum atomic E-state index is -0.345. The number of esters is 1. The molecule has 2 aromatic rings. The maximum Gasteiger partial charge on any atom is 0.341 e. The van der Waals surface area contributed by atoms with Crippen molar-refractivity contribution >= 4 is 22.6 Å². The number of hydrogen-bond acceptors (Lipinski definition) is 6. The first kappa shape index (κ1) is 17.6. The van der Waals surface area contributed by atoms with Gasteiger partial charge in [-0.3, -0.25) is 9.88 Å². The van der Waals surface area contributed by atoms with Gasteiger partial charge in [-0.2, -0.15) is 0 Å². The lowest BCUT2D eigenvalue weighted by atomic mass is 10.1. The van der Waals surface area contributed by atoms with E-state index in [1.165, 1.54) is 0 Å². The van der Waals surface area contributed by atoms with E-state index >= 15 is 0 Å². The number of carbonyl (C=O) groups is 1. The Morgan fingerprint density at radius 3 is 2.88 bits per heavy atom. The molecule has 0 radical (unpaired) electrons. The zero-order valence-corrected chi connectivity index (χ0v) is 14.8. The summed E-state index contributed by atoms with van der Waals surface area (Å²) in [6.45, 7) is 8.49. The summed E-state index contributed by atoms with van der Waals surface area (Å²) in [5.41, 5.74) is 2.14. The molecule has 6 heteroatoms. The van der Waals surface area contributed by atoms with E-state index in [1.54, 1.807) is 13.1 Å². The van der Waals surface area contributed by atoms with E-state index < -0.39 is 0 Å². The third kappa shape index (κ3) is 4.08. The molecule has 0 bridgehead atoms. The topological polar surface area (TPSA) is 63.7 Å². The maximum absolute atomic E-state index is 12.3. The number of para-hydroxylation sites is 1. The summed E-state index contributed by atoms with van der Waals surface area (Å²) in [6.07, 6.45) is 1.60. The Morgan fingerprint density at radius 1 is 1.36 bits per heavy atom. The number of ether oxygens (including phenoxy) is 2. The van der Waals surface area contributed by atoms with E-state index in [-0.39, 0.29) is 5.97 Å². The number of nitrogens with one attached hydrogen (secondary N) is 1. The van der Waals surface area contributed by atoms with Gasteiger partial charge in [0, 0.05) is 37.3 Å². The number of anilines is 1. The third-order valence-electron chi connectivity index (χ3n) is 4.51. The molecular formula is C19H25N3O3. The van der Waals surface area contributed by atoms with Crippen molar-refractivity contribution in [3.05, 3.63) is 36.0 Å². The van der Waals surface area contributed by atoms with Crippen LogP contribution < -0.4 is 5.32 Å². The number of carbonyl (C=O) groups excluding carboxylic acids is 1. The van der Waals surface area contributed by atoms with Gasteiger partial charge < -0.3 is 14.8 Å². The normalized spacial score (nSPS) is 16.6. The molecule has 1 atom stereocenters. The average molecular weight is 343 g/mol. The lowest BCUT2D eigenvalue weighted by Crippen LogP contribution is -2.45. The molecule has 1 aliphatic heterocycles. The second-order valence-corrected chi connectivity index (χ2v) is 6.16. The summed E-state index contributed by atoms with van der Waals surface area (Å²) < 4.78 is 10.6. The molecule has 0 aliphatic carbocycles. The number of aromatic nitrogens is 1. The van der Waals surface area contributed by atoms with E-state index in [1.807, 2.05) is 24.3 Å². The molecule has 25 heavy (non-hydrogen) atoms. The molecule has 1 N–H and O–H groups in total. The SMILES string of the molecule is CCOC(=O)c1cnc2ccccc2c1NCC(C)N1CCOCC1. The van der Waals surface area contributed by atoms with Crippen molar-refractivity contribution in [1.29, 1.82) is 0 Å². The van der Waals surface area contributed by atoms with Crippen molar-refractivity contribution in [2.45, 2.75) is 19.9 Å². The average Bonchev–Trinajstić information content (AvgIpc) is 2.66. The van der Waals surface area contributed by atoms with E-state index in [9.17, 15) is 4.79 Å². The number of nitrogens with zero attached hydrogens (tertiary/aromatic N) is 2. The molecule has 134 valence electrons. The summed E-state index contributed by atoms with van der Waals surface area (Å²) in [6, 6.07) is 8.16. The lowest BCUT2D eigenvalue weighted by Gasteiger charge is -2.32. The largest absolute Gasteiger partial charge is 0.462 e. The van der Waals surface area contributed by atoms with Gasteiger partial charge in [0.25, 0.3) is 0 Å². The highest BCUT2D eigenvalue weighted by Gasteiger charge is 2.20. The van der Waals surface area contributed by atoms with E-state index in [4.69, 9.17) is 9.47 Å². The zero-order chi connectivity index (χ0) is 17.6. The van der Waals surface area contributed by atoms with Crippen molar-refractivity contribution in [2.75, 3.05) is 44.8 Å². The number of fused-ring (bicyclic) bond motifs is 1. The van der Waals surface area contributed by atoms with E-state index in [0.717, 1.165) is 49.4 Å². The molecule has 1 aromatic heterocycles. The smallest absolute Gasteiger partial charge is 0.341 e.